The van der Waals surface area contributed by atoms with Crippen LogP contribution in [-0.4, -0.2) is 38.2 Å². The topological polar surface area (TPSA) is 24.5 Å². The van der Waals surface area contributed by atoms with E-state index in [9.17, 15) is 13.2 Å². The lowest BCUT2D eigenvalue weighted by molar-refractivity contribution is -0.137. The summed E-state index contributed by atoms with van der Waals surface area (Å²) in [6.07, 6.45) is -4.40. The molecule has 1 atom stereocenters. The summed E-state index contributed by atoms with van der Waals surface area (Å²) in [7, 11) is 1.39. The molecule has 7 heteroatoms. The van der Waals surface area contributed by atoms with Crippen molar-refractivity contribution in [3.05, 3.63) is 51.7 Å². The second kappa shape index (κ2) is 7.13. The minimum atomic E-state index is -4.40. The van der Waals surface area contributed by atoms with Crippen LogP contribution in [0, 0.1) is 0 Å². The van der Waals surface area contributed by atoms with Gasteiger partial charge in [0.1, 0.15) is 5.75 Å². The van der Waals surface area contributed by atoms with Crippen LogP contribution in [0.25, 0.3) is 0 Å². The van der Waals surface area contributed by atoms with E-state index in [0.29, 0.717) is 5.56 Å². The fraction of sp³-hybridized carbons (Fsp3) is 0.412. The molecule has 24 heavy (non-hydrogen) atoms. The van der Waals surface area contributed by atoms with Crippen molar-refractivity contribution in [1.29, 1.82) is 0 Å². The van der Waals surface area contributed by atoms with Gasteiger partial charge in [0.05, 0.1) is 18.7 Å². The number of piperazine rings is 1. The Morgan fingerprint density at radius 2 is 1.96 bits per heavy atom. The standard InChI is InChI=1S/C17H19F3N2OS/c1-23-14-10-12(9-13(11-14)17(18,19)20)16(15-3-2-8-24-15)22-6-4-21-5-7-22/h2-3,8-11,16,21H,4-7H2,1H3/t16-/m0/s1. The minimum Gasteiger partial charge on any atom is -0.497 e. The van der Waals surface area contributed by atoms with Gasteiger partial charge < -0.3 is 10.1 Å². The summed E-state index contributed by atoms with van der Waals surface area (Å²) in [6.45, 7) is 3.25. The van der Waals surface area contributed by atoms with E-state index in [1.807, 2.05) is 17.5 Å². The van der Waals surface area contributed by atoms with Crippen molar-refractivity contribution in [2.24, 2.45) is 0 Å². The highest BCUT2D eigenvalue weighted by Gasteiger charge is 2.33. The number of rotatable bonds is 4. The Labute approximate surface area is 143 Å². The van der Waals surface area contributed by atoms with Crippen molar-refractivity contribution in [2.75, 3.05) is 33.3 Å². The number of alkyl halides is 3. The van der Waals surface area contributed by atoms with Crippen molar-refractivity contribution in [1.82, 2.24) is 10.2 Å². The number of hydrogen-bond donors (Lipinski definition) is 1. The van der Waals surface area contributed by atoms with Crippen LogP contribution in [0.15, 0.2) is 35.7 Å². The third kappa shape index (κ3) is 3.74. The maximum Gasteiger partial charge on any atom is 0.416 e. The Kier molecular flexibility index (Phi) is 5.12. The molecule has 0 amide bonds. The van der Waals surface area contributed by atoms with Gasteiger partial charge in [0.15, 0.2) is 0 Å². The fourth-order valence-electron chi connectivity index (χ4n) is 3.00. The van der Waals surface area contributed by atoms with Gasteiger partial charge in [0.2, 0.25) is 0 Å². The monoisotopic (exact) mass is 356 g/mol. The van der Waals surface area contributed by atoms with E-state index in [4.69, 9.17) is 4.74 Å². The van der Waals surface area contributed by atoms with Crippen molar-refractivity contribution >= 4 is 11.3 Å². The number of benzene rings is 1. The Morgan fingerprint density at radius 3 is 2.54 bits per heavy atom. The molecule has 1 aromatic heterocycles. The average molecular weight is 356 g/mol. The predicted octanol–water partition coefficient (Wildman–Crippen LogP) is 3.77. The van der Waals surface area contributed by atoms with Crippen molar-refractivity contribution < 1.29 is 17.9 Å². The average Bonchev–Trinajstić information content (AvgIpc) is 3.09. The van der Waals surface area contributed by atoms with Gasteiger partial charge in [-0.05, 0) is 35.2 Å². The first-order valence-corrected chi connectivity index (χ1v) is 8.61. The molecule has 0 aliphatic carbocycles. The van der Waals surface area contributed by atoms with Crippen molar-refractivity contribution in [2.45, 2.75) is 12.2 Å². The Hall–Kier alpha value is -1.57. The first-order chi connectivity index (χ1) is 11.5. The van der Waals surface area contributed by atoms with Gasteiger partial charge >= 0.3 is 6.18 Å². The van der Waals surface area contributed by atoms with E-state index in [0.717, 1.165) is 37.1 Å². The molecule has 1 aromatic carbocycles. The molecule has 1 saturated heterocycles. The van der Waals surface area contributed by atoms with Crippen LogP contribution in [0.3, 0.4) is 0 Å². The highest BCUT2D eigenvalue weighted by Crippen LogP contribution is 2.38. The van der Waals surface area contributed by atoms with Crippen molar-refractivity contribution in [3.8, 4) is 5.75 Å². The van der Waals surface area contributed by atoms with E-state index in [-0.39, 0.29) is 11.8 Å². The summed E-state index contributed by atoms with van der Waals surface area (Å²) in [5.41, 5.74) is -0.0560. The number of halogens is 3. The molecule has 2 heterocycles. The predicted molar refractivity (Wildman–Crippen MR) is 88.6 cm³/mol. The van der Waals surface area contributed by atoms with Gasteiger partial charge in [-0.1, -0.05) is 6.07 Å². The number of hydrogen-bond acceptors (Lipinski definition) is 4. The second-order valence-electron chi connectivity index (χ2n) is 5.70. The summed E-state index contributed by atoms with van der Waals surface area (Å²) in [4.78, 5) is 3.26. The Balaban J connectivity index is 2.06. The molecule has 3 nitrogen and oxygen atoms in total. The fourth-order valence-corrected chi connectivity index (χ4v) is 3.89. The molecule has 0 bridgehead atoms. The van der Waals surface area contributed by atoms with Gasteiger partial charge in [-0.3, -0.25) is 4.90 Å². The molecule has 3 rings (SSSR count). The normalized spacial score (nSPS) is 17.7. The highest BCUT2D eigenvalue weighted by molar-refractivity contribution is 7.10. The first kappa shape index (κ1) is 17.3. The zero-order valence-corrected chi connectivity index (χ0v) is 14.1. The lowest BCUT2D eigenvalue weighted by atomic mass is 9.99. The summed E-state index contributed by atoms with van der Waals surface area (Å²) < 4.78 is 44.9. The molecule has 0 spiro atoms. The molecule has 0 unspecified atom stereocenters. The summed E-state index contributed by atoms with van der Waals surface area (Å²) in [6, 6.07) is 7.72. The summed E-state index contributed by atoms with van der Waals surface area (Å²) in [5.74, 6) is 0.233. The molecule has 1 N–H and O–H groups in total. The van der Waals surface area contributed by atoms with Crippen LogP contribution in [0.5, 0.6) is 5.75 Å². The van der Waals surface area contributed by atoms with Crippen LogP contribution in [0.4, 0.5) is 13.2 Å². The van der Waals surface area contributed by atoms with Crippen LogP contribution in [-0.2, 0) is 6.18 Å². The number of methoxy groups -OCH3 is 1. The lowest BCUT2D eigenvalue weighted by Crippen LogP contribution is -2.45. The third-order valence-corrected chi connectivity index (χ3v) is 5.06. The van der Waals surface area contributed by atoms with Gasteiger partial charge in [-0.2, -0.15) is 13.2 Å². The molecule has 130 valence electrons. The van der Waals surface area contributed by atoms with E-state index in [1.165, 1.54) is 13.2 Å². The van der Waals surface area contributed by atoms with E-state index >= 15 is 0 Å². The SMILES string of the molecule is COc1cc([C@@H](c2cccs2)N2CCNCC2)cc(C(F)(F)F)c1. The first-order valence-electron chi connectivity index (χ1n) is 7.73. The highest BCUT2D eigenvalue weighted by atomic mass is 32.1. The zero-order valence-electron chi connectivity index (χ0n) is 13.3. The van der Waals surface area contributed by atoms with Crippen LogP contribution >= 0.6 is 11.3 Å². The number of thiophene rings is 1. The van der Waals surface area contributed by atoms with Gasteiger partial charge in [-0.25, -0.2) is 0 Å². The summed E-state index contributed by atoms with van der Waals surface area (Å²) >= 11 is 1.56. The van der Waals surface area contributed by atoms with Gasteiger partial charge in [0, 0.05) is 31.1 Å². The van der Waals surface area contributed by atoms with Crippen LogP contribution < -0.4 is 10.1 Å². The van der Waals surface area contributed by atoms with Crippen molar-refractivity contribution in [3.63, 3.8) is 0 Å². The largest absolute Gasteiger partial charge is 0.497 e. The maximum absolute atomic E-state index is 13.3. The molecule has 2 aromatic rings. The molecule has 1 aliphatic heterocycles. The molecular weight excluding hydrogens is 337 g/mol. The van der Waals surface area contributed by atoms with E-state index in [1.54, 1.807) is 17.4 Å². The Bertz CT molecular complexity index is 667. The molecule has 1 fully saturated rings. The number of nitrogens with zero attached hydrogens (tertiary/aromatic N) is 1. The molecule has 1 aliphatic rings. The smallest absolute Gasteiger partial charge is 0.416 e. The molecule has 0 saturated carbocycles. The number of nitrogens with one attached hydrogen (secondary N) is 1. The second-order valence-corrected chi connectivity index (χ2v) is 6.68. The van der Waals surface area contributed by atoms with E-state index in [2.05, 4.69) is 10.2 Å². The number of ether oxygens (including phenoxy) is 1. The lowest BCUT2D eigenvalue weighted by Gasteiger charge is -2.35. The van der Waals surface area contributed by atoms with E-state index < -0.39 is 11.7 Å². The molecular formula is C17H19F3N2OS. The van der Waals surface area contributed by atoms with Gasteiger partial charge in [-0.15, -0.1) is 11.3 Å². The van der Waals surface area contributed by atoms with Crippen LogP contribution in [0.2, 0.25) is 0 Å². The Morgan fingerprint density at radius 1 is 1.21 bits per heavy atom. The third-order valence-electron chi connectivity index (χ3n) is 4.14. The molecule has 0 radical (unpaired) electrons. The minimum absolute atomic E-state index is 0.191. The maximum atomic E-state index is 13.3. The van der Waals surface area contributed by atoms with Gasteiger partial charge in [0.25, 0.3) is 0 Å². The zero-order chi connectivity index (χ0) is 17.2. The summed E-state index contributed by atoms with van der Waals surface area (Å²) in [5, 5.41) is 5.24. The van der Waals surface area contributed by atoms with Crippen LogP contribution in [0.1, 0.15) is 22.0 Å². The quantitative estimate of drug-likeness (QED) is 0.903.